The van der Waals surface area contributed by atoms with Crippen LogP contribution in [0.3, 0.4) is 0 Å². The lowest BCUT2D eigenvalue weighted by Gasteiger charge is -2.13. The molecule has 0 spiro atoms. The molecule has 0 aliphatic heterocycles. The van der Waals surface area contributed by atoms with Gasteiger partial charge in [-0.05, 0) is 62.0 Å². The molecule has 5 heteroatoms. The first-order valence-corrected chi connectivity index (χ1v) is 8.29. The second-order valence-electron chi connectivity index (χ2n) is 5.13. The summed E-state index contributed by atoms with van der Waals surface area (Å²) in [6.45, 7) is 4.68. The summed E-state index contributed by atoms with van der Waals surface area (Å²) in [7, 11) is 0. The van der Waals surface area contributed by atoms with Crippen molar-refractivity contribution in [2.45, 2.75) is 26.5 Å². The number of nitrogens with one attached hydrogen (secondary N) is 2. The highest BCUT2D eigenvalue weighted by Crippen LogP contribution is 2.16. The molecule has 0 fully saturated rings. The summed E-state index contributed by atoms with van der Waals surface area (Å²) in [6.07, 6.45) is 0.169. The van der Waals surface area contributed by atoms with Crippen LogP contribution in [-0.2, 0) is 6.54 Å². The van der Waals surface area contributed by atoms with Crippen molar-refractivity contribution < 1.29 is 4.74 Å². The Morgan fingerprint density at radius 1 is 1.18 bits per heavy atom. The molecule has 0 aliphatic carbocycles. The van der Waals surface area contributed by atoms with Crippen molar-refractivity contribution in [3.8, 4) is 5.75 Å². The predicted molar refractivity (Wildman–Crippen MR) is 99.4 cm³/mol. The SMILES string of the molecule is CC(C)Oc1cccc(CNC(=S)Nc2cccc(Br)c2)c1. The number of benzene rings is 2. The van der Waals surface area contributed by atoms with Gasteiger partial charge < -0.3 is 15.4 Å². The Hall–Kier alpha value is -1.59. The van der Waals surface area contributed by atoms with E-state index in [4.69, 9.17) is 17.0 Å². The summed E-state index contributed by atoms with van der Waals surface area (Å²) in [6, 6.07) is 15.9. The first-order valence-electron chi connectivity index (χ1n) is 7.09. The molecule has 0 unspecified atom stereocenters. The van der Waals surface area contributed by atoms with Crippen LogP contribution in [0.1, 0.15) is 19.4 Å². The van der Waals surface area contributed by atoms with E-state index in [1.54, 1.807) is 0 Å². The molecule has 2 aromatic rings. The number of hydrogen-bond acceptors (Lipinski definition) is 2. The zero-order chi connectivity index (χ0) is 15.9. The van der Waals surface area contributed by atoms with Gasteiger partial charge in [-0.25, -0.2) is 0 Å². The highest BCUT2D eigenvalue weighted by molar-refractivity contribution is 9.10. The Bertz CT molecular complexity index is 646. The quantitative estimate of drug-likeness (QED) is 0.737. The van der Waals surface area contributed by atoms with Crippen molar-refractivity contribution in [3.63, 3.8) is 0 Å². The molecule has 0 aromatic heterocycles. The van der Waals surface area contributed by atoms with Crippen molar-refractivity contribution in [2.75, 3.05) is 5.32 Å². The summed E-state index contributed by atoms with van der Waals surface area (Å²) < 4.78 is 6.70. The van der Waals surface area contributed by atoms with Gasteiger partial charge in [0.2, 0.25) is 0 Å². The highest BCUT2D eigenvalue weighted by atomic mass is 79.9. The van der Waals surface area contributed by atoms with E-state index in [0.717, 1.165) is 21.5 Å². The number of thiocarbonyl (C=S) groups is 1. The van der Waals surface area contributed by atoms with Crippen LogP contribution in [0.2, 0.25) is 0 Å². The van der Waals surface area contributed by atoms with Gasteiger partial charge in [0.15, 0.2) is 5.11 Å². The first-order chi connectivity index (χ1) is 10.5. The van der Waals surface area contributed by atoms with Crippen molar-refractivity contribution in [1.82, 2.24) is 5.32 Å². The van der Waals surface area contributed by atoms with Crippen LogP contribution in [-0.4, -0.2) is 11.2 Å². The predicted octanol–water partition coefficient (Wildman–Crippen LogP) is 4.72. The van der Waals surface area contributed by atoms with Gasteiger partial charge in [0, 0.05) is 16.7 Å². The van der Waals surface area contributed by atoms with Crippen LogP contribution in [0.25, 0.3) is 0 Å². The Kier molecular flexibility index (Phi) is 6.21. The van der Waals surface area contributed by atoms with Gasteiger partial charge in [-0.15, -0.1) is 0 Å². The van der Waals surface area contributed by atoms with E-state index >= 15 is 0 Å². The molecule has 3 nitrogen and oxygen atoms in total. The van der Waals surface area contributed by atoms with E-state index in [9.17, 15) is 0 Å². The number of hydrogen-bond donors (Lipinski definition) is 2. The number of rotatable bonds is 5. The minimum absolute atomic E-state index is 0.169. The zero-order valence-electron chi connectivity index (χ0n) is 12.6. The second kappa shape index (κ2) is 8.15. The van der Waals surface area contributed by atoms with Crippen LogP contribution in [0.15, 0.2) is 53.0 Å². The maximum atomic E-state index is 5.69. The average Bonchev–Trinajstić information content (AvgIpc) is 2.45. The van der Waals surface area contributed by atoms with Gasteiger partial charge in [-0.3, -0.25) is 0 Å². The molecular formula is C17H19BrN2OS. The Labute approximate surface area is 145 Å². The van der Waals surface area contributed by atoms with Gasteiger partial charge >= 0.3 is 0 Å². The molecule has 0 amide bonds. The second-order valence-corrected chi connectivity index (χ2v) is 6.46. The van der Waals surface area contributed by atoms with Gasteiger partial charge in [0.1, 0.15) is 5.75 Å². The van der Waals surface area contributed by atoms with Crippen LogP contribution in [0, 0.1) is 0 Å². The normalized spacial score (nSPS) is 10.4. The summed E-state index contributed by atoms with van der Waals surface area (Å²) in [5, 5.41) is 6.95. The summed E-state index contributed by atoms with van der Waals surface area (Å²) >= 11 is 8.75. The molecule has 116 valence electrons. The number of ether oxygens (including phenoxy) is 1. The van der Waals surface area contributed by atoms with E-state index in [-0.39, 0.29) is 6.10 Å². The molecule has 0 radical (unpaired) electrons. The lowest BCUT2D eigenvalue weighted by Crippen LogP contribution is -2.27. The van der Waals surface area contributed by atoms with Gasteiger partial charge in [-0.2, -0.15) is 0 Å². The Balaban J connectivity index is 1.88. The fourth-order valence-corrected chi connectivity index (χ4v) is 2.51. The molecule has 0 saturated carbocycles. The fourth-order valence-electron chi connectivity index (χ4n) is 1.92. The fraction of sp³-hybridized carbons (Fsp3) is 0.235. The third kappa shape index (κ3) is 5.66. The monoisotopic (exact) mass is 378 g/mol. The van der Waals surface area contributed by atoms with Crippen molar-refractivity contribution in [3.05, 3.63) is 58.6 Å². The molecule has 2 N–H and O–H groups in total. The van der Waals surface area contributed by atoms with Crippen LogP contribution >= 0.6 is 28.1 Å². The van der Waals surface area contributed by atoms with E-state index < -0.39 is 0 Å². The topological polar surface area (TPSA) is 33.3 Å². The smallest absolute Gasteiger partial charge is 0.171 e. The average molecular weight is 379 g/mol. The lowest BCUT2D eigenvalue weighted by atomic mass is 10.2. The molecule has 0 saturated heterocycles. The Morgan fingerprint density at radius 2 is 1.95 bits per heavy atom. The van der Waals surface area contributed by atoms with Gasteiger partial charge in [-0.1, -0.05) is 34.1 Å². The molecule has 2 aromatic carbocycles. The lowest BCUT2D eigenvalue weighted by molar-refractivity contribution is 0.242. The van der Waals surface area contributed by atoms with E-state index in [1.165, 1.54) is 0 Å². The zero-order valence-corrected chi connectivity index (χ0v) is 15.0. The maximum absolute atomic E-state index is 5.69. The minimum Gasteiger partial charge on any atom is -0.491 e. The number of halogens is 1. The molecule has 2 rings (SSSR count). The summed E-state index contributed by atoms with van der Waals surface area (Å²) in [5.74, 6) is 0.875. The standard InChI is InChI=1S/C17H19BrN2OS/c1-12(2)21-16-8-3-5-13(9-16)11-19-17(22)20-15-7-4-6-14(18)10-15/h3-10,12H,11H2,1-2H3,(H2,19,20,22). The van der Waals surface area contributed by atoms with Crippen LogP contribution < -0.4 is 15.4 Å². The largest absolute Gasteiger partial charge is 0.491 e. The van der Waals surface area contributed by atoms with Crippen LogP contribution in [0.5, 0.6) is 5.75 Å². The third-order valence-corrected chi connectivity index (χ3v) is 3.55. The van der Waals surface area contributed by atoms with Gasteiger partial charge in [0.05, 0.1) is 6.10 Å². The van der Waals surface area contributed by atoms with E-state index in [2.05, 4.69) is 26.6 Å². The van der Waals surface area contributed by atoms with Crippen LogP contribution in [0.4, 0.5) is 5.69 Å². The van der Waals surface area contributed by atoms with Crippen molar-refractivity contribution in [1.29, 1.82) is 0 Å². The van der Waals surface area contributed by atoms with Crippen molar-refractivity contribution in [2.24, 2.45) is 0 Å². The molecular weight excluding hydrogens is 360 g/mol. The third-order valence-electron chi connectivity index (χ3n) is 2.81. The molecule has 0 atom stereocenters. The first kappa shape index (κ1) is 16.8. The van der Waals surface area contributed by atoms with Crippen molar-refractivity contribution >= 4 is 38.9 Å². The molecule has 22 heavy (non-hydrogen) atoms. The number of anilines is 1. The molecule has 0 heterocycles. The maximum Gasteiger partial charge on any atom is 0.171 e. The summed E-state index contributed by atoms with van der Waals surface area (Å²) in [5.41, 5.74) is 2.07. The van der Waals surface area contributed by atoms with Gasteiger partial charge in [0.25, 0.3) is 0 Å². The minimum atomic E-state index is 0.169. The van der Waals surface area contributed by atoms with E-state index in [0.29, 0.717) is 11.7 Å². The van der Waals surface area contributed by atoms with E-state index in [1.807, 2.05) is 62.4 Å². The molecule has 0 aliphatic rings. The Morgan fingerprint density at radius 3 is 2.68 bits per heavy atom. The summed E-state index contributed by atoms with van der Waals surface area (Å²) in [4.78, 5) is 0. The highest BCUT2D eigenvalue weighted by Gasteiger charge is 2.02. The molecule has 0 bridgehead atoms.